The summed E-state index contributed by atoms with van der Waals surface area (Å²) in [6, 6.07) is 10.9. The van der Waals surface area contributed by atoms with Gasteiger partial charge in [0.05, 0.1) is 16.5 Å². The smallest absolute Gasteiger partial charge is 0.323 e. The van der Waals surface area contributed by atoms with Crippen LogP contribution >= 0.6 is 51.5 Å². The van der Waals surface area contributed by atoms with Crippen molar-refractivity contribution in [2.24, 2.45) is 0 Å². The Balaban J connectivity index is 1.84. The number of halogens is 2. The SMILES string of the molecule is COc1cc(/C=C2\SC(=S)N(CC(=O)O)C2=O)cc(Br)c1OCc1ccccc1Cl. The number of hydrogen-bond acceptors (Lipinski definition) is 6. The van der Waals surface area contributed by atoms with Crippen molar-refractivity contribution in [2.45, 2.75) is 6.61 Å². The van der Waals surface area contributed by atoms with Crippen LogP contribution in [0.2, 0.25) is 5.02 Å². The second kappa shape index (κ2) is 9.82. The van der Waals surface area contributed by atoms with E-state index in [1.165, 1.54) is 7.11 Å². The van der Waals surface area contributed by atoms with E-state index in [0.29, 0.717) is 31.5 Å². The third-order valence-corrected chi connectivity index (χ3v) is 6.38. The molecule has 1 fully saturated rings. The first-order valence-corrected chi connectivity index (χ1v) is 10.9. The molecule has 1 amide bonds. The highest BCUT2D eigenvalue weighted by atomic mass is 79.9. The Kier molecular flexibility index (Phi) is 7.41. The van der Waals surface area contributed by atoms with Gasteiger partial charge in [0.15, 0.2) is 11.5 Å². The van der Waals surface area contributed by atoms with E-state index in [0.717, 1.165) is 22.2 Å². The minimum Gasteiger partial charge on any atom is -0.493 e. The zero-order valence-electron chi connectivity index (χ0n) is 15.6. The van der Waals surface area contributed by atoms with E-state index >= 15 is 0 Å². The molecule has 156 valence electrons. The number of rotatable bonds is 7. The number of hydrogen-bond donors (Lipinski definition) is 1. The second-order valence-electron chi connectivity index (χ2n) is 6.08. The Hall–Kier alpha value is -2.07. The number of methoxy groups -OCH3 is 1. The van der Waals surface area contributed by atoms with Crippen LogP contribution in [-0.2, 0) is 16.2 Å². The highest BCUT2D eigenvalue weighted by Crippen LogP contribution is 2.39. The average molecular weight is 529 g/mol. The zero-order valence-corrected chi connectivity index (χ0v) is 19.5. The summed E-state index contributed by atoms with van der Waals surface area (Å²) in [7, 11) is 1.51. The maximum atomic E-state index is 12.5. The fourth-order valence-corrected chi connectivity index (χ4v) is 4.67. The predicted octanol–water partition coefficient (Wildman–Crippen LogP) is 4.98. The number of nitrogens with zero attached hydrogens (tertiary/aromatic N) is 1. The first kappa shape index (κ1) is 22.6. The molecule has 0 saturated carbocycles. The van der Waals surface area contributed by atoms with Crippen LogP contribution in [0.5, 0.6) is 11.5 Å². The number of carboxylic acid groups (broad SMARTS) is 1. The normalized spacial score (nSPS) is 15.0. The van der Waals surface area contributed by atoms with Gasteiger partial charge in [-0.1, -0.05) is 53.8 Å². The van der Waals surface area contributed by atoms with Crippen LogP contribution in [0.3, 0.4) is 0 Å². The molecular weight excluding hydrogens is 514 g/mol. The van der Waals surface area contributed by atoms with Crippen molar-refractivity contribution >= 4 is 73.8 Å². The number of carbonyl (C=O) groups excluding carboxylic acids is 1. The lowest BCUT2D eigenvalue weighted by Gasteiger charge is -2.14. The lowest BCUT2D eigenvalue weighted by molar-refractivity contribution is -0.140. The van der Waals surface area contributed by atoms with Crippen molar-refractivity contribution in [1.29, 1.82) is 0 Å². The van der Waals surface area contributed by atoms with Crippen molar-refractivity contribution in [1.82, 2.24) is 4.90 Å². The summed E-state index contributed by atoms with van der Waals surface area (Å²) < 4.78 is 12.2. The van der Waals surface area contributed by atoms with Gasteiger partial charge in [0.25, 0.3) is 5.91 Å². The topological polar surface area (TPSA) is 76.1 Å². The third kappa shape index (κ3) is 5.15. The molecule has 1 aliphatic rings. The van der Waals surface area contributed by atoms with Crippen molar-refractivity contribution in [3.63, 3.8) is 0 Å². The maximum absolute atomic E-state index is 12.5. The van der Waals surface area contributed by atoms with Gasteiger partial charge in [-0.05, 0) is 45.8 Å². The molecule has 1 heterocycles. The van der Waals surface area contributed by atoms with E-state index in [9.17, 15) is 9.59 Å². The highest BCUT2D eigenvalue weighted by molar-refractivity contribution is 9.10. The molecule has 0 spiro atoms. The molecule has 0 bridgehead atoms. The number of carbonyl (C=O) groups is 2. The number of thioether (sulfide) groups is 1. The van der Waals surface area contributed by atoms with Crippen molar-refractivity contribution in [2.75, 3.05) is 13.7 Å². The summed E-state index contributed by atoms with van der Waals surface area (Å²) in [6.07, 6.45) is 1.63. The van der Waals surface area contributed by atoms with Crippen molar-refractivity contribution < 1.29 is 24.2 Å². The number of amides is 1. The van der Waals surface area contributed by atoms with Crippen LogP contribution in [0.4, 0.5) is 0 Å². The van der Waals surface area contributed by atoms with Gasteiger partial charge in [0, 0.05) is 10.6 Å². The Morgan fingerprint density at radius 2 is 2.10 bits per heavy atom. The van der Waals surface area contributed by atoms with Gasteiger partial charge in [0.2, 0.25) is 0 Å². The summed E-state index contributed by atoms with van der Waals surface area (Å²) in [6.45, 7) is -0.217. The number of ether oxygens (including phenoxy) is 2. The quantitative estimate of drug-likeness (QED) is 0.401. The number of aliphatic carboxylic acids is 1. The van der Waals surface area contributed by atoms with Gasteiger partial charge >= 0.3 is 5.97 Å². The van der Waals surface area contributed by atoms with Crippen LogP contribution < -0.4 is 9.47 Å². The zero-order chi connectivity index (χ0) is 21.8. The Bertz CT molecular complexity index is 1060. The van der Waals surface area contributed by atoms with E-state index in [2.05, 4.69) is 15.9 Å². The Labute approximate surface area is 195 Å². The maximum Gasteiger partial charge on any atom is 0.323 e. The van der Waals surface area contributed by atoms with Gasteiger partial charge in [-0.3, -0.25) is 14.5 Å². The number of carboxylic acids is 1. The molecule has 1 N–H and O–H groups in total. The van der Waals surface area contributed by atoms with E-state index < -0.39 is 18.4 Å². The molecule has 2 aromatic carbocycles. The summed E-state index contributed by atoms with van der Waals surface area (Å²) in [5.74, 6) is -0.616. The molecule has 3 rings (SSSR count). The van der Waals surface area contributed by atoms with E-state index in [4.69, 9.17) is 38.4 Å². The lowest BCUT2D eigenvalue weighted by atomic mass is 10.1. The molecule has 0 aromatic heterocycles. The molecule has 1 aliphatic heterocycles. The predicted molar refractivity (Wildman–Crippen MR) is 124 cm³/mol. The number of benzene rings is 2. The standard InChI is InChI=1S/C20H15BrClNO5S2/c1-27-15-7-11(8-16-19(26)23(9-17(24)25)20(29)30-16)6-13(21)18(15)28-10-12-4-2-3-5-14(12)22/h2-8H,9-10H2,1H3,(H,24,25)/b16-8-. The summed E-state index contributed by atoms with van der Waals surface area (Å²) >= 11 is 15.8. The number of thiocarbonyl (C=S) groups is 1. The fraction of sp³-hybridized carbons (Fsp3) is 0.150. The Morgan fingerprint density at radius 3 is 2.77 bits per heavy atom. The third-order valence-electron chi connectivity index (χ3n) is 4.05. The molecular formula is C20H15BrClNO5S2. The van der Waals surface area contributed by atoms with Crippen LogP contribution in [0.15, 0.2) is 45.8 Å². The molecule has 10 heteroatoms. The van der Waals surface area contributed by atoms with Gasteiger partial charge in [-0.25, -0.2) is 0 Å². The molecule has 0 aliphatic carbocycles. The largest absolute Gasteiger partial charge is 0.493 e. The van der Waals surface area contributed by atoms with Crippen molar-refractivity contribution in [3.05, 3.63) is 61.9 Å². The van der Waals surface area contributed by atoms with Gasteiger partial charge in [-0.2, -0.15) is 0 Å². The minimum absolute atomic E-state index is 0.208. The molecule has 1 saturated heterocycles. The molecule has 0 unspecified atom stereocenters. The second-order valence-corrected chi connectivity index (χ2v) is 9.01. The lowest BCUT2D eigenvalue weighted by Crippen LogP contribution is -2.33. The molecule has 0 atom stereocenters. The molecule has 30 heavy (non-hydrogen) atoms. The first-order valence-electron chi connectivity index (χ1n) is 8.51. The Morgan fingerprint density at radius 1 is 1.37 bits per heavy atom. The summed E-state index contributed by atoms with van der Waals surface area (Å²) in [5, 5.41) is 9.55. The van der Waals surface area contributed by atoms with Crippen molar-refractivity contribution in [3.8, 4) is 11.5 Å². The van der Waals surface area contributed by atoms with Gasteiger partial charge in [0.1, 0.15) is 17.5 Å². The summed E-state index contributed by atoms with van der Waals surface area (Å²) in [5.41, 5.74) is 1.50. The monoisotopic (exact) mass is 527 g/mol. The van der Waals surface area contributed by atoms with Crippen LogP contribution in [0.25, 0.3) is 6.08 Å². The van der Waals surface area contributed by atoms with Crippen LogP contribution in [0, 0.1) is 0 Å². The molecule has 0 radical (unpaired) electrons. The highest BCUT2D eigenvalue weighted by Gasteiger charge is 2.33. The summed E-state index contributed by atoms with van der Waals surface area (Å²) in [4.78, 5) is 24.8. The van der Waals surface area contributed by atoms with Gasteiger partial charge in [-0.15, -0.1) is 0 Å². The molecule has 2 aromatic rings. The van der Waals surface area contributed by atoms with E-state index in [1.807, 2.05) is 18.2 Å². The van der Waals surface area contributed by atoms with Crippen LogP contribution in [-0.4, -0.2) is 39.9 Å². The van der Waals surface area contributed by atoms with Gasteiger partial charge < -0.3 is 14.6 Å². The molecule has 6 nitrogen and oxygen atoms in total. The average Bonchev–Trinajstić information content (AvgIpc) is 2.95. The first-order chi connectivity index (χ1) is 14.3. The van der Waals surface area contributed by atoms with E-state index in [1.54, 1.807) is 24.3 Å². The van der Waals surface area contributed by atoms with E-state index in [-0.39, 0.29) is 10.9 Å². The minimum atomic E-state index is -1.13. The van der Waals surface area contributed by atoms with Crippen LogP contribution in [0.1, 0.15) is 11.1 Å². The fourth-order valence-electron chi connectivity index (χ4n) is 2.65.